The summed E-state index contributed by atoms with van der Waals surface area (Å²) >= 11 is 0. The van der Waals surface area contributed by atoms with E-state index >= 15 is 0 Å². The van der Waals surface area contributed by atoms with Crippen LogP contribution in [0.15, 0.2) is 0 Å². The minimum Gasteiger partial charge on any atom is -0.461 e. The summed E-state index contributed by atoms with van der Waals surface area (Å²) in [5, 5.41) is 13.3. The molecule has 18 heavy (non-hydrogen) atoms. The molecule has 1 N–H and O–H groups in total. The van der Waals surface area contributed by atoms with Crippen LogP contribution in [0.5, 0.6) is 0 Å². The van der Waals surface area contributed by atoms with Gasteiger partial charge in [-0.05, 0) is 14.0 Å². The monoisotopic (exact) mass is 253 g/mol. The molecule has 0 saturated heterocycles. The van der Waals surface area contributed by atoms with Crippen molar-refractivity contribution in [3.63, 3.8) is 0 Å². The van der Waals surface area contributed by atoms with Crippen molar-refractivity contribution in [2.75, 3.05) is 26.8 Å². The maximum absolute atomic E-state index is 11.9. The van der Waals surface area contributed by atoms with Gasteiger partial charge in [0.2, 0.25) is 0 Å². The summed E-state index contributed by atoms with van der Waals surface area (Å²) in [6.45, 7) is 4.20. The van der Waals surface area contributed by atoms with E-state index in [1.807, 2.05) is 7.05 Å². The maximum atomic E-state index is 11.9. The molecule has 0 spiro atoms. The third kappa shape index (κ3) is 2.39. The summed E-state index contributed by atoms with van der Waals surface area (Å²) in [6, 6.07) is 0. The lowest BCUT2D eigenvalue weighted by molar-refractivity contribution is 0.0516. The predicted molar refractivity (Wildman–Crippen MR) is 65.3 cm³/mol. The molecule has 1 aliphatic rings. The van der Waals surface area contributed by atoms with Gasteiger partial charge >= 0.3 is 5.97 Å². The molecule has 0 aliphatic carbocycles. The third-order valence-electron chi connectivity index (χ3n) is 3.11. The first-order valence-electron chi connectivity index (χ1n) is 6.22. The highest BCUT2D eigenvalue weighted by Gasteiger charge is 2.27. The molecule has 6 nitrogen and oxygen atoms in total. The van der Waals surface area contributed by atoms with Gasteiger partial charge in [-0.2, -0.15) is 5.10 Å². The van der Waals surface area contributed by atoms with Crippen molar-refractivity contribution >= 4 is 5.97 Å². The number of carbonyl (C=O) groups excluding carboxylic acids is 1. The molecule has 1 aromatic rings. The van der Waals surface area contributed by atoms with Crippen LogP contribution in [0.3, 0.4) is 0 Å². The number of aromatic nitrogens is 2. The molecule has 1 aromatic heterocycles. The van der Waals surface area contributed by atoms with Crippen LogP contribution >= 0.6 is 0 Å². The summed E-state index contributed by atoms with van der Waals surface area (Å²) in [4.78, 5) is 14.0. The Labute approximate surface area is 106 Å². The fourth-order valence-electron chi connectivity index (χ4n) is 2.27. The summed E-state index contributed by atoms with van der Waals surface area (Å²) in [5.74, 6) is -0.374. The minimum absolute atomic E-state index is 0.0201. The van der Waals surface area contributed by atoms with Gasteiger partial charge in [0.1, 0.15) is 0 Å². The van der Waals surface area contributed by atoms with Gasteiger partial charge in [-0.3, -0.25) is 4.68 Å². The number of hydrogen-bond acceptors (Lipinski definition) is 5. The Morgan fingerprint density at radius 1 is 1.56 bits per heavy atom. The van der Waals surface area contributed by atoms with Crippen molar-refractivity contribution in [1.82, 2.24) is 14.7 Å². The fourth-order valence-corrected chi connectivity index (χ4v) is 2.27. The van der Waals surface area contributed by atoms with E-state index in [4.69, 9.17) is 9.84 Å². The van der Waals surface area contributed by atoms with E-state index in [2.05, 4.69) is 10.00 Å². The second-order valence-electron chi connectivity index (χ2n) is 4.43. The first kappa shape index (κ1) is 13.0. The Hall–Kier alpha value is -1.40. The van der Waals surface area contributed by atoms with Gasteiger partial charge in [0, 0.05) is 30.8 Å². The van der Waals surface area contributed by atoms with Gasteiger partial charge in [-0.1, -0.05) is 0 Å². The second kappa shape index (κ2) is 5.49. The van der Waals surface area contributed by atoms with Crippen molar-refractivity contribution < 1.29 is 14.6 Å². The zero-order valence-electron chi connectivity index (χ0n) is 10.8. The van der Waals surface area contributed by atoms with E-state index in [-0.39, 0.29) is 12.6 Å². The Morgan fingerprint density at radius 3 is 3.00 bits per heavy atom. The topological polar surface area (TPSA) is 67.6 Å². The van der Waals surface area contributed by atoms with E-state index in [9.17, 15) is 4.79 Å². The summed E-state index contributed by atoms with van der Waals surface area (Å²) in [5.41, 5.74) is 2.38. The van der Waals surface area contributed by atoms with Crippen LogP contribution in [-0.2, 0) is 24.2 Å². The highest BCUT2D eigenvalue weighted by Crippen LogP contribution is 2.22. The lowest BCUT2D eigenvalue weighted by Crippen LogP contribution is -2.28. The van der Waals surface area contributed by atoms with Crippen LogP contribution in [-0.4, -0.2) is 52.6 Å². The number of aliphatic hydroxyl groups is 1. The molecule has 0 fully saturated rings. The smallest absolute Gasteiger partial charge is 0.359 e. The van der Waals surface area contributed by atoms with Crippen molar-refractivity contribution in [2.24, 2.45) is 0 Å². The molecular weight excluding hydrogens is 234 g/mol. The van der Waals surface area contributed by atoms with Gasteiger partial charge in [0.25, 0.3) is 0 Å². The van der Waals surface area contributed by atoms with Crippen molar-refractivity contribution in [3.8, 4) is 0 Å². The summed E-state index contributed by atoms with van der Waals surface area (Å²) in [6.07, 6.45) is 0.845. The number of nitrogens with zero attached hydrogens (tertiary/aromatic N) is 3. The molecule has 0 bridgehead atoms. The highest BCUT2D eigenvalue weighted by molar-refractivity contribution is 5.89. The molecular formula is C12H19N3O3. The molecule has 0 unspecified atom stereocenters. The number of esters is 1. The van der Waals surface area contributed by atoms with Crippen LogP contribution in [0, 0.1) is 0 Å². The van der Waals surface area contributed by atoms with Crippen molar-refractivity contribution in [2.45, 2.75) is 26.4 Å². The molecule has 0 saturated carbocycles. The van der Waals surface area contributed by atoms with E-state index in [1.54, 1.807) is 11.6 Å². The molecule has 0 amide bonds. The lowest BCUT2D eigenvalue weighted by atomic mass is 10.1. The number of aliphatic hydroxyl groups excluding tert-OH is 1. The van der Waals surface area contributed by atoms with Crippen LogP contribution in [0.25, 0.3) is 0 Å². The average molecular weight is 253 g/mol. The number of hydrogen-bond donors (Lipinski definition) is 1. The SMILES string of the molecule is CCOC(=O)c1nn(CCO)c2c1CN(C)CC2. The van der Waals surface area contributed by atoms with E-state index in [0.29, 0.717) is 25.4 Å². The van der Waals surface area contributed by atoms with Gasteiger partial charge in [-0.15, -0.1) is 0 Å². The van der Waals surface area contributed by atoms with E-state index in [0.717, 1.165) is 24.2 Å². The molecule has 0 aromatic carbocycles. The Bertz CT molecular complexity index is 442. The fraction of sp³-hybridized carbons (Fsp3) is 0.667. The van der Waals surface area contributed by atoms with Gasteiger partial charge in [0.15, 0.2) is 5.69 Å². The highest BCUT2D eigenvalue weighted by atomic mass is 16.5. The average Bonchev–Trinajstić information content (AvgIpc) is 2.68. The van der Waals surface area contributed by atoms with Crippen LogP contribution in [0.2, 0.25) is 0 Å². The van der Waals surface area contributed by atoms with Crippen LogP contribution in [0.1, 0.15) is 28.7 Å². The number of rotatable bonds is 4. The molecule has 6 heteroatoms. The second-order valence-corrected chi connectivity index (χ2v) is 4.43. The Kier molecular flexibility index (Phi) is 3.98. The minimum atomic E-state index is -0.374. The molecule has 0 atom stereocenters. The molecule has 1 aliphatic heterocycles. The normalized spacial score (nSPS) is 15.5. The predicted octanol–water partition coefficient (Wildman–Crippen LogP) is 0.0400. The third-order valence-corrected chi connectivity index (χ3v) is 3.11. The molecule has 0 radical (unpaired) electrons. The zero-order chi connectivity index (χ0) is 13.1. The largest absolute Gasteiger partial charge is 0.461 e. The molecule has 2 rings (SSSR count). The number of likely N-dealkylation sites (N-methyl/N-ethyl adjacent to an activating group) is 1. The summed E-state index contributed by atoms with van der Waals surface area (Å²) < 4.78 is 6.76. The standard InChI is InChI=1S/C12H19N3O3/c1-3-18-12(17)11-9-8-14(2)5-4-10(9)15(13-11)6-7-16/h16H,3-8H2,1-2H3. The van der Waals surface area contributed by atoms with Gasteiger partial charge in [-0.25, -0.2) is 4.79 Å². The maximum Gasteiger partial charge on any atom is 0.359 e. The number of ether oxygens (including phenoxy) is 1. The summed E-state index contributed by atoms with van der Waals surface area (Å²) in [7, 11) is 2.02. The van der Waals surface area contributed by atoms with Crippen LogP contribution < -0.4 is 0 Å². The van der Waals surface area contributed by atoms with Gasteiger partial charge < -0.3 is 14.7 Å². The number of carbonyl (C=O) groups is 1. The van der Waals surface area contributed by atoms with Crippen molar-refractivity contribution in [3.05, 3.63) is 17.0 Å². The van der Waals surface area contributed by atoms with Crippen LogP contribution in [0.4, 0.5) is 0 Å². The van der Waals surface area contributed by atoms with E-state index < -0.39 is 0 Å². The number of fused-ring (bicyclic) bond motifs is 1. The first-order valence-corrected chi connectivity index (χ1v) is 6.22. The lowest BCUT2D eigenvalue weighted by Gasteiger charge is -2.23. The zero-order valence-corrected chi connectivity index (χ0v) is 10.8. The van der Waals surface area contributed by atoms with Crippen molar-refractivity contribution in [1.29, 1.82) is 0 Å². The van der Waals surface area contributed by atoms with Gasteiger partial charge in [0.05, 0.1) is 19.8 Å². The first-order chi connectivity index (χ1) is 8.67. The molecule has 2 heterocycles. The Morgan fingerprint density at radius 2 is 2.33 bits per heavy atom. The Balaban J connectivity index is 2.37. The molecule has 100 valence electrons. The van der Waals surface area contributed by atoms with E-state index in [1.165, 1.54) is 0 Å². The quantitative estimate of drug-likeness (QED) is 0.767.